The maximum Gasteiger partial charge on any atom is 0.226 e. The van der Waals surface area contributed by atoms with Crippen molar-refractivity contribution in [2.45, 2.75) is 83.1 Å². The van der Waals surface area contributed by atoms with Gasteiger partial charge in [0.1, 0.15) is 16.7 Å². The number of nitrogens with one attached hydrogen (secondary N) is 3. The fraction of sp³-hybridized carbons (Fsp3) is 0.568. The van der Waals surface area contributed by atoms with Crippen molar-refractivity contribution in [1.82, 2.24) is 25.4 Å². The first-order chi connectivity index (χ1) is 23.8. The number of amides is 1. The number of hydrogen-bond acceptors (Lipinski definition) is 9. The molecule has 278 valence electrons. The van der Waals surface area contributed by atoms with Gasteiger partial charge in [-0.05, 0) is 81.6 Å². The minimum absolute atomic E-state index is 0.0963. The van der Waals surface area contributed by atoms with Crippen molar-refractivity contribution in [2.24, 2.45) is 5.92 Å². The summed E-state index contributed by atoms with van der Waals surface area (Å²) in [7, 11) is 0.762. The maximum atomic E-state index is 14.8. The van der Waals surface area contributed by atoms with Crippen LogP contribution < -0.4 is 16.0 Å². The third-order valence-corrected chi connectivity index (χ3v) is 13.8. The molecule has 1 amide bonds. The van der Waals surface area contributed by atoms with E-state index in [9.17, 15) is 9.18 Å². The topological polar surface area (TPSA) is 104 Å². The molecule has 0 bridgehead atoms. The molecule has 1 aromatic carbocycles. The van der Waals surface area contributed by atoms with E-state index in [4.69, 9.17) is 15.8 Å². The van der Waals surface area contributed by atoms with E-state index in [2.05, 4.69) is 76.2 Å². The molecule has 4 rings (SSSR count). The molecule has 0 aliphatic heterocycles. The number of rotatable bonds is 17. The molecule has 2 heterocycles. The van der Waals surface area contributed by atoms with Gasteiger partial charge in [0.15, 0.2) is 0 Å². The maximum absolute atomic E-state index is 14.8. The van der Waals surface area contributed by atoms with Crippen LogP contribution >= 0.6 is 33.7 Å². The van der Waals surface area contributed by atoms with Crippen molar-refractivity contribution in [3.05, 3.63) is 53.4 Å². The molecule has 13 heteroatoms. The number of aromatic nitrogens is 3. The fourth-order valence-electron chi connectivity index (χ4n) is 5.09. The number of hydrogen-bond donors (Lipinski definition) is 3. The van der Waals surface area contributed by atoms with Crippen LogP contribution in [0.25, 0.3) is 11.3 Å². The average molecular weight is 750 g/mol. The van der Waals surface area contributed by atoms with E-state index in [-0.39, 0.29) is 22.3 Å². The Balaban J connectivity index is 0.00000332. The Labute approximate surface area is 310 Å². The highest BCUT2D eigenvalue weighted by Gasteiger charge is 2.37. The van der Waals surface area contributed by atoms with Gasteiger partial charge in [0.25, 0.3) is 0 Å². The first kappa shape index (κ1) is 41.9. The number of thioether (sulfide) groups is 1. The summed E-state index contributed by atoms with van der Waals surface area (Å²) >= 11 is 7.82. The Kier molecular flexibility index (Phi) is 16.7. The van der Waals surface area contributed by atoms with Crippen LogP contribution in [0.5, 0.6) is 0 Å². The van der Waals surface area contributed by atoms with Crippen molar-refractivity contribution >= 4 is 56.8 Å². The van der Waals surface area contributed by atoms with E-state index in [1.807, 2.05) is 27.0 Å². The van der Waals surface area contributed by atoms with Gasteiger partial charge in [-0.1, -0.05) is 53.1 Å². The molecule has 0 atom stereocenters. The molecule has 3 N–H and O–H groups in total. The summed E-state index contributed by atoms with van der Waals surface area (Å²) in [5.41, 5.74) is 2.02. The van der Waals surface area contributed by atoms with Gasteiger partial charge in [0, 0.05) is 65.1 Å². The Hall–Kier alpha value is -2.48. The lowest BCUT2D eigenvalue weighted by Crippen LogP contribution is -2.37. The zero-order valence-electron chi connectivity index (χ0n) is 31.2. The molecule has 9 nitrogen and oxygen atoms in total. The molecule has 2 aromatic heterocycles. The molecule has 1 aliphatic carbocycles. The van der Waals surface area contributed by atoms with Gasteiger partial charge < -0.3 is 25.0 Å². The van der Waals surface area contributed by atoms with E-state index in [0.717, 1.165) is 44.6 Å². The first-order valence-electron chi connectivity index (χ1n) is 17.5. The molecule has 0 spiro atoms. The summed E-state index contributed by atoms with van der Waals surface area (Å²) in [4.78, 5) is 19.5. The van der Waals surface area contributed by atoms with Gasteiger partial charge in [0.05, 0.1) is 17.5 Å². The monoisotopic (exact) mass is 749 g/mol. The molecule has 1 aliphatic rings. The minimum atomic E-state index is -1.17. The largest absolute Gasteiger partial charge is 0.353 e. The number of pyridine rings is 1. The lowest BCUT2D eigenvalue weighted by atomic mass is 9.84. The van der Waals surface area contributed by atoms with Gasteiger partial charge in [-0.3, -0.25) is 4.79 Å². The molecular weight excluding hydrogens is 693 g/mol. The van der Waals surface area contributed by atoms with Gasteiger partial charge in [-0.15, -0.1) is 32.3 Å². The third kappa shape index (κ3) is 12.6. The predicted molar refractivity (Wildman–Crippen MR) is 213 cm³/mol. The van der Waals surface area contributed by atoms with Crippen molar-refractivity contribution in [1.29, 1.82) is 0 Å². The Morgan fingerprint density at radius 3 is 2.52 bits per heavy atom. The Bertz CT molecular complexity index is 1520. The standard InChI is InChI=1S/C35H51ClFN7O2S2.C2H6/c1-8-15-44(17-14-38-5)16-12-33(45)41-32-21-26(11-13-39-32)40-31-22-30(28-20-25(36)9-10-29(28)37)42-43-34(31)47-23-24-18-27(19-24)46-48(6,7)35(2,3)4;1-2/h9-11,13,20-22,24,27,38H,8,12,14-19,23H2,1-7H3,(H2,39,40,41,42,45);1-2H3. The number of carbonyl (C=O) groups excluding carboxylic acids is 1. The second-order valence-corrected chi connectivity index (χ2v) is 18.9. The van der Waals surface area contributed by atoms with Crippen molar-refractivity contribution in [2.75, 3.05) is 62.1 Å². The van der Waals surface area contributed by atoms with Gasteiger partial charge in [-0.2, -0.15) is 0 Å². The Morgan fingerprint density at radius 2 is 1.84 bits per heavy atom. The molecule has 3 aromatic rings. The third-order valence-electron chi connectivity index (χ3n) is 8.64. The van der Waals surface area contributed by atoms with Crippen molar-refractivity contribution < 1.29 is 13.4 Å². The number of anilines is 3. The summed E-state index contributed by atoms with van der Waals surface area (Å²) in [5.74, 6) is 1.28. The molecule has 0 unspecified atom stereocenters. The highest BCUT2D eigenvalue weighted by atomic mass is 35.5. The molecule has 0 saturated heterocycles. The lowest BCUT2D eigenvalue weighted by Gasteiger charge is -2.49. The lowest BCUT2D eigenvalue weighted by molar-refractivity contribution is -0.116. The smallest absolute Gasteiger partial charge is 0.226 e. The quantitative estimate of drug-likeness (QED) is 0.117. The van der Waals surface area contributed by atoms with E-state index in [1.54, 1.807) is 36.2 Å². The van der Waals surface area contributed by atoms with Gasteiger partial charge in [-0.25, -0.2) is 9.37 Å². The van der Waals surface area contributed by atoms with E-state index < -0.39 is 16.1 Å². The predicted octanol–water partition coefficient (Wildman–Crippen LogP) is 9.03. The highest BCUT2D eigenvalue weighted by molar-refractivity contribution is 8.29. The number of halogens is 2. The molecular formula is C37H57ClFN7O2S2. The second-order valence-electron chi connectivity index (χ2n) is 13.6. The van der Waals surface area contributed by atoms with E-state index >= 15 is 0 Å². The molecule has 1 saturated carbocycles. The van der Waals surface area contributed by atoms with Crippen molar-refractivity contribution in [3.63, 3.8) is 0 Å². The number of nitrogens with zero attached hydrogens (tertiary/aromatic N) is 4. The zero-order valence-corrected chi connectivity index (χ0v) is 33.6. The van der Waals surface area contributed by atoms with Crippen LogP contribution in [-0.4, -0.2) is 88.3 Å². The van der Waals surface area contributed by atoms with Crippen LogP contribution in [0.1, 0.15) is 67.2 Å². The first-order valence-corrected chi connectivity index (χ1v) is 21.3. The molecule has 50 heavy (non-hydrogen) atoms. The number of carbonyl (C=O) groups is 1. The number of benzene rings is 1. The minimum Gasteiger partial charge on any atom is -0.353 e. The zero-order chi connectivity index (χ0) is 36.9. The van der Waals surface area contributed by atoms with Crippen LogP contribution in [0.4, 0.5) is 21.6 Å². The summed E-state index contributed by atoms with van der Waals surface area (Å²) in [6.45, 7) is 16.3. The van der Waals surface area contributed by atoms with Crippen LogP contribution in [0.2, 0.25) is 5.02 Å². The highest BCUT2D eigenvalue weighted by Crippen LogP contribution is 2.57. The van der Waals surface area contributed by atoms with E-state index in [0.29, 0.717) is 51.8 Å². The van der Waals surface area contributed by atoms with Gasteiger partial charge >= 0.3 is 0 Å². The summed E-state index contributed by atoms with van der Waals surface area (Å²) in [6.07, 6.45) is 9.85. The normalized spacial score (nSPS) is 16.3. The van der Waals surface area contributed by atoms with Gasteiger partial charge in [0.2, 0.25) is 5.91 Å². The fourth-order valence-corrected chi connectivity index (χ4v) is 7.42. The second kappa shape index (κ2) is 19.9. The number of likely N-dealkylation sites (N-methyl/N-ethyl adjacent to an activating group) is 1. The van der Waals surface area contributed by atoms with Crippen LogP contribution in [0, 0.1) is 11.7 Å². The average Bonchev–Trinajstić information content (AvgIpc) is 3.05. The summed E-state index contributed by atoms with van der Waals surface area (Å²) < 4.78 is 21.5. The molecule has 0 radical (unpaired) electrons. The Morgan fingerprint density at radius 1 is 1.10 bits per heavy atom. The SMILES string of the molecule is CC.CCCN(CCNC)CCC(=O)Nc1cc(Nc2cc(-c3cc(Cl)ccc3F)nnc2SCC2CC(OS(C)(C)C(C)(C)C)C2)ccn1. The van der Waals surface area contributed by atoms with Crippen LogP contribution in [0.3, 0.4) is 0 Å². The van der Waals surface area contributed by atoms with Crippen LogP contribution in [-0.2, 0) is 8.98 Å². The van der Waals surface area contributed by atoms with Crippen molar-refractivity contribution in [3.8, 4) is 11.3 Å². The molecule has 1 fully saturated rings. The summed E-state index contributed by atoms with van der Waals surface area (Å²) in [6, 6.07) is 9.77. The van der Waals surface area contributed by atoms with Crippen LogP contribution in [0.15, 0.2) is 47.6 Å². The van der Waals surface area contributed by atoms with E-state index in [1.165, 1.54) is 12.1 Å². The summed E-state index contributed by atoms with van der Waals surface area (Å²) in [5, 5.41) is 19.6.